The van der Waals surface area contributed by atoms with Crippen molar-refractivity contribution in [3.63, 3.8) is 0 Å². The van der Waals surface area contributed by atoms with E-state index < -0.39 is 11.6 Å². The first kappa shape index (κ1) is 10.5. The SMILES string of the molecule is Fc1cc2nc(-c3ccc(Br)o3)[nH]c2cc1F. The number of furan rings is 1. The highest BCUT2D eigenvalue weighted by molar-refractivity contribution is 9.10. The summed E-state index contributed by atoms with van der Waals surface area (Å²) in [6.07, 6.45) is 0. The van der Waals surface area contributed by atoms with Gasteiger partial charge in [-0.2, -0.15) is 0 Å². The van der Waals surface area contributed by atoms with E-state index in [0.29, 0.717) is 27.3 Å². The number of aromatic amines is 1. The number of hydrogen-bond acceptors (Lipinski definition) is 2. The maximum Gasteiger partial charge on any atom is 0.174 e. The molecule has 0 unspecified atom stereocenters. The molecule has 0 bridgehead atoms. The minimum absolute atomic E-state index is 0.353. The van der Waals surface area contributed by atoms with Gasteiger partial charge in [0.1, 0.15) is 0 Å². The zero-order chi connectivity index (χ0) is 12.0. The number of rotatable bonds is 1. The van der Waals surface area contributed by atoms with E-state index >= 15 is 0 Å². The summed E-state index contributed by atoms with van der Waals surface area (Å²) in [5.41, 5.74) is 0.776. The highest BCUT2D eigenvalue weighted by Gasteiger charge is 2.11. The van der Waals surface area contributed by atoms with Crippen LogP contribution in [-0.4, -0.2) is 9.97 Å². The molecular weight excluding hydrogens is 294 g/mol. The quantitative estimate of drug-likeness (QED) is 0.741. The van der Waals surface area contributed by atoms with Crippen LogP contribution in [0.1, 0.15) is 0 Å². The van der Waals surface area contributed by atoms with Gasteiger partial charge in [0, 0.05) is 12.1 Å². The monoisotopic (exact) mass is 298 g/mol. The first-order valence-electron chi connectivity index (χ1n) is 4.74. The molecule has 0 saturated heterocycles. The minimum Gasteiger partial charge on any atom is -0.446 e. The van der Waals surface area contributed by atoms with Crippen LogP contribution in [0.3, 0.4) is 0 Å². The van der Waals surface area contributed by atoms with Crippen LogP contribution in [0.25, 0.3) is 22.6 Å². The Bertz CT molecular complexity index is 666. The van der Waals surface area contributed by atoms with Crippen molar-refractivity contribution in [1.29, 1.82) is 0 Å². The zero-order valence-corrected chi connectivity index (χ0v) is 9.88. The minimum atomic E-state index is -0.920. The van der Waals surface area contributed by atoms with E-state index in [9.17, 15) is 8.78 Å². The van der Waals surface area contributed by atoms with Gasteiger partial charge in [-0.25, -0.2) is 13.8 Å². The van der Waals surface area contributed by atoms with Crippen molar-refractivity contribution in [1.82, 2.24) is 9.97 Å². The van der Waals surface area contributed by atoms with Gasteiger partial charge in [-0.1, -0.05) is 0 Å². The molecule has 1 N–H and O–H groups in total. The third-order valence-corrected chi connectivity index (χ3v) is 2.76. The fraction of sp³-hybridized carbons (Fsp3) is 0. The fourth-order valence-electron chi connectivity index (χ4n) is 1.56. The lowest BCUT2D eigenvalue weighted by molar-refractivity contribution is 0.510. The summed E-state index contributed by atoms with van der Waals surface area (Å²) in [5.74, 6) is -0.908. The van der Waals surface area contributed by atoms with E-state index in [0.717, 1.165) is 12.1 Å². The second-order valence-electron chi connectivity index (χ2n) is 3.47. The number of hydrogen-bond donors (Lipinski definition) is 1. The van der Waals surface area contributed by atoms with Crippen LogP contribution in [0.15, 0.2) is 33.4 Å². The average molecular weight is 299 g/mol. The Morgan fingerprint density at radius 2 is 1.94 bits per heavy atom. The van der Waals surface area contributed by atoms with Gasteiger partial charge in [0.2, 0.25) is 0 Å². The Balaban J connectivity index is 2.19. The van der Waals surface area contributed by atoms with Gasteiger partial charge >= 0.3 is 0 Å². The van der Waals surface area contributed by atoms with E-state index in [-0.39, 0.29) is 0 Å². The summed E-state index contributed by atoms with van der Waals surface area (Å²) in [7, 11) is 0. The molecule has 3 nitrogen and oxygen atoms in total. The summed E-state index contributed by atoms with van der Waals surface area (Å²) in [6.45, 7) is 0. The number of imidazole rings is 1. The molecule has 86 valence electrons. The molecular formula is C11H5BrF2N2O. The maximum absolute atomic E-state index is 13.0. The van der Waals surface area contributed by atoms with Gasteiger partial charge < -0.3 is 9.40 Å². The Morgan fingerprint density at radius 3 is 2.65 bits per heavy atom. The molecule has 0 spiro atoms. The Morgan fingerprint density at radius 1 is 1.18 bits per heavy atom. The van der Waals surface area contributed by atoms with Crippen molar-refractivity contribution >= 4 is 27.0 Å². The normalized spacial score (nSPS) is 11.2. The topological polar surface area (TPSA) is 41.8 Å². The van der Waals surface area contributed by atoms with Crippen molar-refractivity contribution in [2.75, 3.05) is 0 Å². The molecule has 1 aromatic carbocycles. The summed E-state index contributed by atoms with van der Waals surface area (Å²) in [4.78, 5) is 6.98. The summed E-state index contributed by atoms with van der Waals surface area (Å²) < 4.78 is 31.9. The molecule has 2 heterocycles. The highest BCUT2D eigenvalue weighted by atomic mass is 79.9. The van der Waals surface area contributed by atoms with Gasteiger partial charge in [-0.3, -0.25) is 0 Å². The smallest absolute Gasteiger partial charge is 0.174 e. The fourth-order valence-corrected chi connectivity index (χ4v) is 1.87. The molecule has 0 aliphatic carbocycles. The number of halogens is 3. The Labute approximate surface area is 103 Å². The number of benzene rings is 1. The van der Waals surface area contributed by atoms with Gasteiger partial charge in [0.25, 0.3) is 0 Å². The molecule has 2 aromatic heterocycles. The summed E-state index contributed by atoms with van der Waals surface area (Å²) in [6, 6.07) is 5.53. The number of aromatic nitrogens is 2. The highest BCUT2D eigenvalue weighted by Crippen LogP contribution is 2.25. The molecule has 0 atom stereocenters. The summed E-state index contributed by atoms with van der Waals surface area (Å²) in [5, 5.41) is 0. The number of H-pyrrole nitrogens is 1. The van der Waals surface area contributed by atoms with Crippen LogP contribution in [0.4, 0.5) is 8.78 Å². The lowest BCUT2D eigenvalue weighted by atomic mass is 10.3. The van der Waals surface area contributed by atoms with Crippen molar-refractivity contribution in [3.8, 4) is 11.6 Å². The van der Waals surface area contributed by atoms with Crippen molar-refractivity contribution in [2.24, 2.45) is 0 Å². The lowest BCUT2D eigenvalue weighted by Crippen LogP contribution is -1.82. The van der Waals surface area contributed by atoms with Crippen LogP contribution in [0.2, 0.25) is 0 Å². The molecule has 17 heavy (non-hydrogen) atoms. The standard InChI is InChI=1S/C11H5BrF2N2O/c12-10-2-1-9(17-10)11-15-7-3-5(13)6(14)4-8(7)16-11/h1-4H,(H,15,16). The lowest BCUT2D eigenvalue weighted by Gasteiger charge is -1.90. The molecule has 0 amide bonds. The van der Waals surface area contributed by atoms with Gasteiger partial charge in [-0.05, 0) is 28.1 Å². The predicted molar refractivity (Wildman–Crippen MR) is 61.4 cm³/mol. The number of nitrogens with one attached hydrogen (secondary N) is 1. The van der Waals surface area contributed by atoms with E-state index in [2.05, 4.69) is 25.9 Å². The van der Waals surface area contributed by atoms with Crippen LogP contribution < -0.4 is 0 Å². The molecule has 3 rings (SSSR count). The van der Waals surface area contributed by atoms with E-state index in [1.165, 1.54) is 0 Å². The van der Waals surface area contributed by atoms with Crippen molar-refractivity contribution in [2.45, 2.75) is 0 Å². The number of nitrogens with zero attached hydrogens (tertiary/aromatic N) is 1. The molecule has 0 radical (unpaired) electrons. The van der Waals surface area contributed by atoms with Crippen LogP contribution >= 0.6 is 15.9 Å². The second-order valence-corrected chi connectivity index (χ2v) is 4.25. The van der Waals surface area contributed by atoms with E-state index in [1.54, 1.807) is 12.1 Å². The largest absolute Gasteiger partial charge is 0.446 e. The summed E-state index contributed by atoms with van der Waals surface area (Å²) >= 11 is 3.17. The van der Waals surface area contributed by atoms with Crippen LogP contribution in [0, 0.1) is 11.6 Å². The molecule has 3 aromatic rings. The molecule has 0 aliphatic heterocycles. The Hall–Kier alpha value is -1.69. The third-order valence-electron chi connectivity index (χ3n) is 2.33. The zero-order valence-electron chi connectivity index (χ0n) is 8.30. The third kappa shape index (κ3) is 1.74. The van der Waals surface area contributed by atoms with Gasteiger partial charge in [-0.15, -0.1) is 0 Å². The van der Waals surface area contributed by atoms with Crippen molar-refractivity contribution < 1.29 is 13.2 Å². The van der Waals surface area contributed by atoms with E-state index in [4.69, 9.17) is 4.42 Å². The van der Waals surface area contributed by atoms with Crippen molar-refractivity contribution in [3.05, 3.63) is 40.6 Å². The Kier molecular flexibility index (Phi) is 2.25. The second kappa shape index (κ2) is 3.66. The maximum atomic E-state index is 13.0. The van der Waals surface area contributed by atoms with Gasteiger partial charge in [0.05, 0.1) is 11.0 Å². The number of fused-ring (bicyclic) bond motifs is 1. The molecule has 0 aliphatic rings. The average Bonchev–Trinajstić information content (AvgIpc) is 2.85. The predicted octanol–water partition coefficient (Wildman–Crippen LogP) is 3.86. The van der Waals surface area contributed by atoms with Crippen LogP contribution in [-0.2, 0) is 0 Å². The van der Waals surface area contributed by atoms with Crippen LogP contribution in [0.5, 0.6) is 0 Å². The van der Waals surface area contributed by atoms with E-state index in [1.807, 2.05) is 0 Å². The molecule has 6 heteroatoms. The van der Waals surface area contributed by atoms with Gasteiger partial charge in [0.15, 0.2) is 27.9 Å². The molecule has 0 fully saturated rings. The first-order chi connectivity index (χ1) is 8.13. The first-order valence-corrected chi connectivity index (χ1v) is 5.53. The molecule has 0 saturated carbocycles.